The van der Waals surface area contributed by atoms with Crippen molar-refractivity contribution in [3.63, 3.8) is 0 Å². The normalized spacial score (nSPS) is 22.4. The molecule has 0 amide bonds. The van der Waals surface area contributed by atoms with Crippen molar-refractivity contribution >= 4 is 22.4 Å². The van der Waals surface area contributed by atoms with E-state index < -0.39 is 10.0 Å². The number of aryl methyl sites for hydroxylation is 1. The lowest BCUT2D eigenvalue weighted by Crippen LogP contribution is -2.40. The molecular weight excluding hydrogens is 312 g/mol. The Labute approximate surface area is 132 Å². The van der Waals surface area contributed by atoms with Gasteiger partial charge in [0.05, 0.1) is 7.11 Å². The SMILES string of the molecule is COc1ccc(C)cc1S(=O)(=O)NC1CCC(N)CC1.Cl. The number of halogens is 1. The van der Waals surface area contributed by atoms with Crippen molar-refractivity contribution in [1.29, 1.82) is 0 Å². The highest BCUT2D eigenvalue weighted by Gasteiger charge is 2.26. The van der Waals surface area contributed by atoms with Crippen LogP contribution in [0.15, 0.2) is 23.1 Å². The van der Waals surface area contributed by atoms with Crippen molar-refractivity contribution in [3.05, 3.63) is 23.8 Å². The van der Waals surface area contributed by atoms with Crippen LogP contribution in [0.5, 0.6) is 5.75 Å². The Morgan fingerprint density at radius 3 is 2.43 bits per heavy atom. The maximum absolute atomic E-state index is 12.5. The Balaban J connectivity index is 0.00000220. The number of hydrogen-bond donors (Lipinski definition) is 2. The van der Waals surface area contributed by atoms with Gasteiger partial charge in [-0.1, -0.05) is 6.07 Å². The standard InChI is InChI=1S/C14H22N2O3S.ClH/c1-10-3-8-13(19-2)14(9-10)20(17,18)16-12-6-4-11(15)5-7-12;/h3,8-9,11-12,16H,4-7,15H2,1-2H3;1H. The van der Waals surface area contributed by atoms with Gasteiger partial charge in [-0.2, -0.15) is 0 Å². The van der Waals surface area contributed by atoms with Gasteiger partial charge in [-0.15, -0.1) is 12.4 Å². The lowest BCUT2D eigenvalue weighted by atomic mass is 9.93. The summed E-state index contributed by atoms with van der Waals surface area (Å²) in [5.74, 6) is 0.371. The van der Waals surface area contributed by atoms with Crippen molar-refractivity contribution in [2.45, 2.75) is 49.6 Å². The largest absolute Gasteiger partial charge is 0.495 e. The predicted octanol–water partition coefficient (Wildman–Crippen LogP) is 1.97. The molecule has 21 heavy (non-hydrogen) atoms. The summed E-state index contributed by atoms with van der Waals surface area (Å²) in [4.78, 5) is 0.204. The number of rotatable bonds is 4. The highest BCUT2D eigenvalue weighted by atomic mass is 35.5. The van der Waals surface area contributed by atoms with Crippen LogP contribution in [-0.2, 0) is 10.0 Å². The van der Waals surface area contributed by atoms with E-state index >= 15 is 0 Å². The van der Waals surface area contributed by atoms with Crippen molar-refractivity contribution in [2.24, 2.45) is 5.73 Å². The first-order valence-corrected chi connectivity index (χ1v) is 8.33. The number of ether oxygens (including phenoxy) is 1. The molecule has 2 rings (SSSR count). The summed E-state index contributed by atoms with van der Waals surface area (Å²) in [6.45, 7) is 1.86. The number of hydrogen-bond acceptors (Lipinski definition) is 4. The topological polar surface area (TPSA) is 81.4 Å². The van der Waals surface area contributed by atoms with Crippen molar-refractivity contribution < 1.29 is 13.2 Å². The first kappa shape index (κ1) is 18.2. The molecule has 0 aromatic heterocycles. The Morgan fingerprint density at radius 1 is 1.24 bits per heavy atom. The molecule has 1 aromatic carbocycles. The Kier molecular flexibility index (Phi) is 6.46. The fourth-order valence-electron chi connectivity index (χ4n) is 2.51. The number of methoxy groups -OCH3 is 1. The Morgan fingerprint density at radius 2 is 1.86 bits per heavy atom. The molecule has 120 valence electrons. The lowest BCUT2D eigenvalue weighted by Gasteiger charge is -2.26. The lowest BCUT2D eigenvalue weighted by molar-refractivity contribution is 0.371. The van der Waals surface area contributed by atoms with Gasteiger partial charge in [-0.25, -0.2) is 13.1 Å². The summed E-state index contributed by atoms with van der Waals surface area (Å²) >= 11 is 0. The van der Waals surface area contributed by atoms with E-state index in [1.54, 1.807) is 12.1 Å². The van der Waals surface area contributed by atoms with Gasteiger partial charge in [0, 0.05) is 12.1 Å². The van der Waals surface area contributed by atoms with E-state index in [2.05, 4.69) is 4.72 Å². The summed E-state index contributed by atoms with van der Waals surface area (Å²) < 4.78 is 32.9. The molecule has 5 nitrogen and oxygen atoms in total. The minimum Gasteiger partial charge on any atom is -0.495 e. The molecule has 0 aliphatic heterocycles. The summed E-state index contributed by atoms with van der Waals surface area (Å²) in [5, 5.41) is 0. The smallest absolute Gasteiger partial charge is 0.244 e. The zero-order valence-electron chi connectivity index (χ0n) is 12.3. The Hall–Kier alpha value is -0.820. The first-order valence-electron chi connectivity index (χ1n) is 6.85. The molecule has 3 N–H and O–H groups in total. The van der Waals surface area contributed by atoms with E-state index in [1.807, 2.05) is 13.0 Å². The van der Waals surface area contributed by atoms with Crippen LogP contribution in [0.1, 0.15) is 31.2 Å². The van der Waals surface area contributed by atoms with Gasteiger partial charge in [-0.05, 0) is 50.3 Å². The molecule has 0 radical (unpaired) electrons. The fourth-order valence-corrected chi connectivity index (χ4v) is 4.07. The van der Waals surface area contributed by atoms with Crippen molar-refractivity contribution in [1.82, 2.24) is 4.72 Å². The molecule has 1 aliphatic rings. The first-order chi connectivity index (χ1) is 9.42. The molecule has 1 aliphatic carbocycles. The van der Waals surface area contributed by atoms with Crippen molar-refractivity contribution in [3.8, 4) is 5.75 Å². The van der Waals surface area contributed by atoms with Crippen LogP contribution >= 0.6 is 12.4 Å². The summed E-state index contributed by atoms with van der Waals surface area (Å²) in [6, 6.07) is 5.31. The van der Waals surface area contributed by atoms with Gasteiger partial charge >= 0.3 is 0 Å². The molecule has 1 fully saturated rings. The van der Waals surface area contributed by atoms with Gasteiger partial charge < -0.3 is 10.5 Å². The minimum absolute atomic E-state index is 0. The highest BCUT2D eigenvalue weighted by Crippen LogP contribution is 2.26. The molecular formula is C14H23ClN2O3S. The maximum Gasteiger partial charge on any atom is 0.244 e. The minimum atomic E-state index is -3.56. The third-order valence-electron chi connectivity index (χ3n) is 3.70. The molecule has 0 heterocycles. The quantitative estimate of drug-likeness (QED) is 0.882. The van der Waals surface area contributed by atoms with Crippen LogP contribution in [0.4, 0.5) is 0 Å². The van der Waals surface area contributed by atoms with Crippen LogP contribution < -0.4 is 15.2 Å². The molecule has 0 unspecified atom stereocenters. The molecule has 1 aromatic rings. The average Bonchev–Trinajstić information content (AvgIpc) is 2.41. The number of nitrogens with one attached hydrogen (secondary N) is 1. The Bertz CT molecular complexity index is 570. The van der Waals surface area contributed by atoms with E-state index in [0.717, 1.165) is 31.2 Å². The molecule has 0 saturated heterocycles. The van der Waals surface area contributed by atoms with E-state index in [1.165, 1.54) is 7.11 Å². The van der Waals surface area contributed by atoms with Gasteiger partial charge in [0.1, 0.15) is 10.6 Å². The zero-order valence-corrected chi connectivity index (χ0v) is 14.0. The second kappa shape index (κ2) is 7.45. The molecule has 7 heteroatoms. The third-order valence-corrected chi connectivity index (χ3v) is 5.24. The zero-order chi connectivity index (χ0) is 14.8. The predicted molar refractivity (Wildman–Crippen MR) is 85.5 cm³/mol. The molecule has 1 saturated carbocycles. The molecule has 0 bridgehead atoms. The van der Waals surface area contributed by atoms with Crippen LogP contribution in [-0.4, -0.2) is 27.6 Å². The maximum atomic E-state index is 12.5. The average molecular weight is 335 g/mol. The van der Waals surface area contributed by atoms with E-state index in [4.69, 9.17) is 10.5 Å². The van der Waals surface area contributed by atoms with Gasteiger partial charge in [0.25, 0.3) is 0 Å². The van der Waals surface area contributed by atoms with Crippen molar-refractivity contribution in [2.75, 3.05) is 7.11 Å². The van der Waals surface area contributed by atoms with E-state index in [-0.39, 0.29) is 29.4 Å². The molecule has 0 spiro atoms. The van der Waals surface area contributed by atoms with Crippen LogP contribution in [0.3, 0.4) is 0 Å². The van der Waals surface area contributed by atoms with Gasteiger partial charge in [-0.3, -0.25) is 0 Å². The van der Waals surface area contributed by atoms with E-state index in [0.29, 0.717) is 5.75 Å². The summed E-state index contributed by atoms with van der Waals surface area (Å²) in [5.41, 5.74) is 6.73. The summed E-state index contributed by atoms with van der Waals surface area (Å²) in [6.07, 6.45) is 3.29. The number of benzene rings is 1. The summed E-state index contributed by atoms with van der Waals surface area (Å²) in [7, 11) is -2.08. The molecule has 0 atom stereocenters. The van der Waals surface area contributed by atoms with Crippen LogP contribution in [0, 0.1) is 6.92 Å². The van der Waals surface area contributed by atoms with Gasteiger partial charge in [0.15, 0.2) is 0 Å². The fraction of sp³-hybridized carbons (Fsp3) is 0.571. The van der Waals surface area contributed by atoms with E-state index in [9.17, 15) is 8.42 Å². The second-order valence-electron chi connectivity index (χ2n) is 5.39. The van der Waals surface area contributed by atoms with Gasteiger partial charge in [0.2, 0.25) is 10.0 Å². The highest BCUT2D eigenvalue weighted by molar-refractivity contribution is 7.89. The third kappa shape index (κ3) is 4.57. The van der Waals surface area contributed by atoms with Crippen LogP contribution in [0.2, 0.25) is 0 Å². The monoisotopic (exact) mass is 334 g/mol. The van der Waals surface area contributed by atoms with Crippen LogP contribution in [0.25, 0.3) is 0 Å². The number of nitrogens with two attached hydrogens (primary N) is 1. The number of sulfonamides is 1. The second-order valence-corrected chi connectivity index (χ2v) is 7.07.